The van der Waals surface area contributed by atoms with Crippen molar-refractivity contribution >= 4 is 51.9 Å². The molecular formula is C21H16ClF2N3OS. The van der Waals surface area contributed by atoms with Gasteiger partial charge in [0, 0.05) is 22.1 Å². The lowest BCUT2D eigenvalue weighted by Crippen LogP contribution is -2.19. The summed E-state index contributed by atoms with van der Waals surface area (Å²) in [4.78, 5) is 12.1. The number of benzene rings is 3. The van der Waals surface area contributed by atoms with Crippen molar-refractivity contribution in [2.24, 2.45) is 0 Å². The highest BCUT2D eigenvalue weighted by molar-refractivity contribution is 7.80. The van der Waals surface area contributed by atoms with Crippen molar-refractivity contribution in [2.45, 2.75) is 6.92 Å². The highest BCUT2D eigenvalue weighted by atomic mass is 35.5. The molecule has 148 valence electrons. The summed E-state index contributed by atoms with van der Waals surface area (Å²) < 4.78 is 27.4. The third kappa shape index (κ3) is 5.28. The number of hydrogen-bond donors (Lipinski definition) is 3. The molecular weight excluding hydrogens is 416 g/mol. The van der Waals surface area contributed by atoms with E-state index >= 15 is 0 Å². The Balaban J connectivity index is 1.61. The van der Waals surface area contributed by atoms with E-state index in [0.29, 0.717) is 21.5 Å². The number of rotatable bonds is 4. The van der Waals surface area contributed by atoms with Gasteiger partial charge in [-0.2, -0.15) is 0 Å². The Morgan fingerprint density at radius 3 is 1.97 bits per heavy atom. The van der Waals surface area contributed by atoms with Gasteiger partial charge in [0.15, 0.2) is 5.11 Å². The van der Waals surface area contributed by atoms with Crippen LogP contribution in [0.1, 0.15) is 15.9 Å². The number of hydrogen-bond acceptors (Lipinski definition) is 2. The zero-order valence-corrected chi connectivity index (χ0v) is 16.8. The van der Waals surface area contributed by atoms with Gasteiger partial charge in [-0.25, -0.2) is 8.78 Å². The van der Waals surface area contributed by atoms with E-state index in [4.69, 9.17) is 23.8 Å². The van der Waals surface area contributed by atoms with Gasteiger partial charge in [0.05, 0.1) is 0 Å². The summed E-state index contributed by atoms with van der Waals surface area (Å²) in [5, 5.41) is 9.47. The van der Waals surface area contributed by atoms with Gasteiger partial charge in [-0.3, -0.25) is 4.79 Å². The molecule has 0 atom stereocenters. The fourth-order valence-corrected chi connectivity index (χ4v) is 2.93. The van der Waals surface area contributed by atoms with E-state index in [-0.39, 0.29) is 0 Å². The van der Waals surface area contributed by atoms with Gasteiger partial charge in [0.1, 0.15) is 17.2 Å². The molecule has 0 bridgehead atoms. The van der Waals surface area contributed by atoms with Crippen molar-refractivity contribution < 1.29 is 13.6 Å². The van der Waals surface area contributed by atoms with Gasteiger partial charge in [0.25, 0.3) is 5.91 Å². The number of anilines is 3. The van der Waals surface area contributed by atoms with E-state index < -0.39 is 23.1 Å². The molecule has 3 aromatic rings. The first-order valence-corrected chi connectivity index (χ1v) is 9.31. The van der Waals surface area contributed by atoms with E-state index in [0.717, 1.165) is 23.4 Å². The van der Waals surface area contributed by atoms with E-state index in [9.17, 15) is 13.6 Å². The summed E-state index contributed by atoms with van der Waals surface area (Å²) in [5.41, 5.74) is 2.12. The monoisotopic (exact) mass is 431 g/mol. The van der Waals surface area contributed by atoms with Crippen LogP contribution in [-0.4, -0.2) is 11.0 Å². The number of nitrogens with one attached hydrogen (secondary N) is 3. The molecule has 0 saturated heterocycles. The lowest BCUT2D eigenvalue weighted by atomic mass is 10.1. The number of halogens is 3. The van der Waals surface area contributed by atoms with Crippen LogP contribution >= 0.6 is 23.8 Å². The molecule has 0 saturated carbocycles. The van der Waals surface area contributed by atoms with Crippen LogP contribution in [0, 0.1) is 18.6 Å². The highest BCUT2D eigenvalue weighted by Crippen LogP contribution is 2.21. The summed E-state index contributed by atoms with van der Waals surface area (Å²) in [6.45, 7) is 1.91. The van der Waals surface area contributed by atoms with Gasteiger partial charge < -0.3 is 16.0 Å². The number of carbonyl (C=O) groups excluding carboxylic acids is 1. The first-order chi connectivity index (χ1) is 13.8. The quantitative estimate of drug-likeness (QED) is 0.444. The second-order valence-electron chi connectivity index (χ2n) is 6.17. The number of carbonyl (C=O) groups is 1. The summed E-state index contributed by atoms with van der Waals surface area (Å²) in [6.07, 6.45) is 0. The SMILES string of the molecule is Cc1ccc(NC(=S)Nc2ccc(NC(=O)c3c(F)cccc3F)cc2)cc1Cl. The second-order valence-corrected chi connectivity index (χ2v) is 6.99. The van der Waals surface area contributed by atoms with Gasteiger partial charge >= 0.3 is 0 Å². The molecule has 4 nitrogen and oxygen atoms in total. The van der Waals surface area contributed by atoms with Gasteiger partial charge in [-0.15, -0.1) is 0 Å². The Bertz CT molecular complexity index is 1050. The molecule has 3 rings (SSSR count). The minimum absolute atomic E-state index is 0.357. The van der Waals surface area contributed by atoms with Crippen LogP contribution in [0.4, 0.5) is 25.8 Å². The largest absolute Gasteiger partial charge is 0.332 e. The van der Waals surface area contributed by atoms with Crippen LogP contribution in [0.3, 0.4) is 0 Å². The smallest absolute Gasteiger partial charge is 0.261 e. The van der Waals surface area contributed by atoms with E-state index in [1.807, 2.05) is 19.1 Å². The van der Waals surface area contributed by atoms with Crippen LogP contribution in [0.25, 0.3) is 0 Å². The predicted molar refractivity (Wildman–Crippen MR) is 117 cm³/mol. The maximum Gasteiger partial charge on any atom is 0.261 e. The standard InChI is InChI=1S/C21H16ClF2N3OS/c1-12-5-6-15(11-16(12)22)27-21(29)26-14-9-7-13(8-10-14)25-20(28)19-17(23)3-2-4-18(19)24/h2-11H,1H3,(H,25,28)(H2,26,27,29). The molecule has 0 unspecified atom stereocenters. The summed E-state index contributed by atoms with van der Waals surface area (Å²) >= 11 is 11.4. The Hall–Kier alpha value is -3.03. The Kier molecular flexibility index (Phi) is 6.41. The van der Waals surface area contributed by atoms with E-state index in [1.165, 1.54) is 6.07 Å². The number of thiocarbonyl (C=S) groups is 1. The Morgan fingerprint density at radius 1 is 0.862 bits per heavy atom. The van der Waals surface area contributed by atoms with Crippen LogP contribution < -0.4 is 16.0 Å². The molecule has 3 aromatic carbocycles. The summed E-state index contributed by atoms with van der Waals surface area (Å²) in [7, 11) is 0. The lowest BCUT2D eigenvalue weighted by molar-refractivity contribution is 0.101. The Morgan fingerprint density at radius 2 is 1.38 bits per heavy atom. The lowest BCUT2D eigenvalue weighted by Gasteiger charge is -2.12. The van der Waals surface area contributed by atoms with Crippen LogP contribution in [-0.2, 0) is 0 Å². The number of aryl methyl sites for hydroxylation is 1. The fraction of sp³-hybridized carbons (Fsp3) is 0.0476. The van der Waals surface area contributed by atoms with Crippen LogP contribution in [0.15, 0.2) is 60.7 Å². The molecule has 0 fully saturated rings. The van der Waals surface area contributed by atoms with Crippen LogP contribution in [0.5, 0.6) is 0 Å². The Labute approximate surface area is 176 Å². The second kappa shape index (κ2) is 8.98. The van der Waals surface area contributed by atoms with Crippen molar-refractivity contribution in [3.8, 4) is 0 Å². The molecule has 0 radical (unpaired) electrons. The topological polar surface area (TPSA) is 53.2 Å². The van der Waals surface area contributed by atoms with Crippen molar-refractivity contribution in [1.82, 2.24) is 0 Å². The third-order valence-electron chi connectivity index (χ3n) is 4.02. The molecule has 29 heavy (non-hydrogen) atoms. The fourth-order valence-electron chi connectivity index (χ4n) is 2.51. The van der Waals surface area contributed by atoms with Gasteiger partial charge in [-0.1, -0.05) is 23.7 Å². The molecule has 3 N–H and O–H groups in total. The minimum atomic E-state index is -0.923. The molecule has 1 amide bonds. The molecule has 0 heterocycles. The van der Waals surface area contributed by atoms with Crippen LogP contribution in [0.2, 0.25) is 5.02 Å². The zero-order chi connectivity index (χ0) is 21.0. The molecule has 0 aliphatic carbocycles. The highest BCUT2D eigenvalue weighted by Gasteiger charge is 2.17. The maximum absolute atomic E-state index is 13.7. The molecule has 0 aliphatic heterocycles. The average Bonchev–Trinajstić information content (AvgIpc) is 2.66. The molecule has 0 spiro atoms. The maximum atomic E-state index is 13.7. The number of amides is 1. The molecule has 0 aliphatic rings. The zero-order valence-electron chi connectivity index (χ0n) is 15.2. The summed E-state index contributed by atoms with van der Waals surface area (Å²) in [6, 6.07) is 15.3. The molecule has 8 heteroatoms. The first-order valence-electron chi connectivity index (χ1n) is 8.53. The first kappa shape index (κ1) is 20.7. The minimum Gasteiger partial charge on any atom is -0.332 e. The van der Waals surface area contributed by atoms with Gasteiger partial charge in [-0.05, 0) is 73.2 Å². The molecule has 0 aromatic heterocycles. The van der Waals surface area contributed by atoms with Crippen molar-refractivity contribution in [2.75, 3.05) is 16.0 Å². The van der Waals surface area contributed by atoms with Crippen molar-refractivity contribution in [3.05, 3.63) is 88.4 Å². The third-order valence-corrected chi connectivity index (χ3v) is 4.63. The van der Waals surface area contributed by atoms with E-state index in [2.05, 4.69) is 16.0 Å². The van der Waals surface area contributed by atoms with Crippen molar-refractivity contribution in [3.63, 3.8) is 0 Å². The average molecular weight is 432 g/mol. The van der Waals surface area contributed by atoms with E-state index in [1.54, 1.807) is 30.3 Å². The van der Waals surface area contributed by atoms with Crippen molar-refractivity contribution in [1.29, 1.82) is 0 Å². The normalized spacial score (nSPS) is 10.3. The predicted octanol–water partition coefficient (Wildman–Crippen LogP) is 5.99. The van der Waals surface area contributed by atoms with Gasteiger partial charge in [0.2, 0.25) is 0 Å². The summed E-state index contributed by atoms with van der Waals surface area (Å²) in [5.74, 6) is -2.71.